The minimum Gasteiger partial charge on any atom is -0.439 e. The lowest BCUT2D eigenvalue weighted by Crippen LogP contribution is -2.42. The van der Waals surface area contributed by atoms with Crippen LogP contribution in [0.3, 0.4) is 0 Å². The Labute approximate surface area is 270 Å². The Hall–Kier alpha value is -5.38. The van der Waals surface area contributed by atoms with E-state index >= 15 is 0 Å². The largest absolute Gasteiger partial charge is 0.439 e. The zero-order valence-corrected chi connectivity index (χ0v) is 25.7. The minimum atomic E-state index is -4.48. The van der Waals surface area contributed by atoms with Crippen LogP contribution >= 0.6 is 0 Å². The molecule has 3 aromatic carbocycles. The number of rotatable bonds is 7. The van der Waals surface area contributed by atoms with Gasteiger partial charge in [-0.05, 0) is 96.5 Å². The van der Waals surface area contributed by atoms with Crippen molar-refractivity contribution in [3.05, 3.63) is 143 Å². The van der Waals surface area contributed by atoms with Gasteiger partial charge in [-0.2, -0.15) is 13.2 Å². The summed E-state index contributed by atoms with van der Waals surface area (Å²) in [6, 6.07) is 28.2. The molecule has 47 heavy (non-hydrogen) atoms. The van der Waals surface area contributed by atoms with E-state index in [1.165, 1.54) is 6.07 Å². The average Bonchev–Trinajstić information content (AvgIpc) is 3.06. The summed E-state index contributed by atoms with van der Waals surface area (Å²) >= 11 is 0. The summed E-state index contributed by atoms with van der Waals surface area (Å²) in [4.78, 5) is 23.6. The third kappa shape index (κ3) is 7.89. The molecular weight excluding hydrogens is 605 g/mol. The maximum absolute atomic E-state index is 13.6. The molecule has 240 valence electrons. The number of ether oxygens (including phenoxy) is 2. The Bertz CT molecular complexity index is 1810. The molecule has 5 aromatic rings. The SMILES string of the molecule is Cc1ccc(Cc2ccc(OC(=O)N3CCC(c4cccc(N)c4)CC3c3ccc(Oc4ccc(C(F)(F)F)cn4)cc3)cc2)nc1. The number of alkyl halides is 3. The molecule has 3 heterocycles. The first kappa shape index (κ1) is 31.6. The van der Waals surface area contributed by atoms with E-state index in [1.54, 1.807) is 29.2 Å². The predicted molar refractivity (Wildman–Crippen MR) is 172 cm³/mol. The van der Waals surface area contributed by atoms with Crippen LogP contribution in [0.1, 0.15) is 58.3 Å². The van der Waals surface area contributed by atoms with Crippen molar-refractivity contribution in [2.24, 2.45) is 0 Å². The summed E-state index contributed by atoms with van der Waals surface area (Å²) in [6.45, 7) is 2.46. The molecule has 0 bridgehead atoms. The number of pyridine rings is 2. The molecule has 0 saturated carbocycles. The summed E-state index contributed by atoms with van der Waals surface area (Å²) in [7, 11) is 0. The number of aromatic nitrogens is 2. The fourth-order valence-corrected chi connectivity index (χ4v) is 5.75. The normalized spacial score (nSPS) is 16.5. The van der Waals surface area contributed by atoms with Gasteiger partial charge < -0.3 is 20.1 Å². The Morgan fingerprint density at radius 3 is 2.32 bits per heavy atom. The van der Waals surface area contributed by atoms with Gasteiger partial charge in [-0.25, -0.2) is 9.78 Å². The number of likely N-dealkylation sites (tertiary alicyclic amines) is 1. The lowest BCUT2D eigenvalue weighted by molar-refractivity contribution is -0.137. The summed E-state index contributed by atoms with van der Waals surface area (Å²) in [6.07, 6.45) is -0.312. The van der Waals surface area contributed by atoms with E-state index in [1.807, 2.05) is 73.8 Å². The molecule has 2 unspecified atom stereocenters. The lowest BCUT2D eigenvalue weighted by atomic mass is 9.83. The number of carbonyl (C=O) groups is 1. The van der Waals surface area contributed by atoms with Gasteiger partial charge in [-0.15, -0.1) is 0 Å². The molecule has 2 aromatic heterocycles. The number of piperidine rings is 1. The third-order valence-corrected chi connectivity index (χ3v) is 8.26. The first-order valence-corrected chi connectivity index (χ1v) is 15.3. The van der Waals surface area contributed by atoms with Crippen LogP contribution in [0.25, 0.3) is 0 Å². The van der Waals surface area contributed by atoms with Crippen LogP contribution in [0.5, 0.6) is 17.4 Å². The maximum atomic E-state index is 13.6. The molecule has 0 radical (unpaired) electrons. The molecule has 6 rings (SSSR count). The number of carbonyl (C=O) groups excluding carboxylic acids is 1. The highest BCUT2D eigenvalue weighted by Gasteiger charge is 2.35. The van der Waals surface area contributed by atoms with E-state index in [2.05, 4.69) is 9.97 Å². The van der Waals surface area contributed by atoms with Gasteiger partial charge in [0.1, 0.15) is 11.5 Å². The number of anilines is 1. The Morgan fingerprint density at radius 2 is 1.66 bits per heavy atom. The Balaban J connectivity index is 1.18. The van der Waals surface area contributed by atoms with Gasteiger partial charge in [0.15, 0.2) is 0 Å². The van der Waals surface area contributed by atoms with E-state index in [0.717, 1.165) is 46.6 Å². The second-order valence-corrected chi connectivity index (χ2v) is 11.7. The van der Waals surface area contributed by atoms with Crippen LogP contribution < -0.4 is 15.2 Å². The van der Waals surface area contributed by atoms with Crippen LogP contribution in [0, 0.1) is 6.92 Å². The van der Waals surface area contributed by atoms with Crippen molar-refractivity contribution in [3.8, 4) is 17.4 Å². The van der Waals surface area contributed by atoms with Crippen LogP contribution in [-0.2, 0) is 12.6 Å². The molecule has 1 saturated heterocycles. The van der Waals surface area contributed by atoms with E-state index in [4.69, 9.17) is 15.2 Å². The molecule has 1 aliphatic rings. The van der Waals surface area contributed by atoms with Crippen molar-refractivity contribution < 1.29 is 27.4 Å². The Kier molecular flexibility index (Phi) is 9.10. The third-order valence-electron chi connectivity index (χ3n) is 8.26. The summed E-state index contributed by atoms with van der Waals surface area (Å²) < 4.78 is 50.3. The standard InChI is InChI=1S/C37H33F3N4O3/c1-24-5-11-31(42-22-24)19-25-6-12-33(13-7-25)47-36(45)44-18-17-28(27-3-2-4-30(41)20-27)21-34(44)26-8-14-32(15-9-26)46-35-16-10-29(23-43-35)37(38,39)40/h2-16,20,22-23,28,34H,17-19,21,41H2,1H3. The average molecular weight is 639 g/mol. The van der Waals surface area contributed by atoms with Crippen molar-refractivity contribution in [1.29, 1.82) is 0 Å². The molecule has 2 atom stereocenters. The number of amides is 1. The van der Waals surface area contributed by atoms with Crippen LogP contribution in [0.2, 0.25) is 0 Å². The second-order valence-electron chi connectivity index (χ2n) is 11.7. The number of aryl methyl sites for hydroxylation is 1. The molecule has 10 heteroatoms. The van der Waals surface area contributed by atoms with Gasteiger partial charge in [0, 0.05) is 42.8 Å². The van der Waals surface area contributed by atoms with Crippen LogP contribution in [-0.4, -0.2) is 27.5 Å². The van der Waals surface area contributed by atoms with Gasteiger partial charge >= 0.3 is 12.3 Å². The molecule has 1 aliphatic heterocycles. The minimum absolute atomic E-state index is 0.0384. The number of nitrogens with two attached hydrogens (primary N) is 1. The number of nitrogen functional groups attached to an aromatic ring is 1. The topological polar surface area (TPSA) is 90.6 Å². The number of halogens is 3. The molecule has 7 nitrogen and oxygen atoms in total. The van der Waals surface area contributed by atoms with Gasteiger partial charge in [-0.1, -0.05) is 42.5 Å². The van der Waals surface area contributed by atoms with Crippen molar-refractivity contribution in [2.45, 2.75) is 44.3 Å². The highest BCUT2D eigenvalue weighted by Crippen LogP contribution is 2.41. The predicted octanol–water partition coefficient (Wildman–Crippen LogP) is 8.89. The second kappa shape index (κ2) is 13.5. The van der Waals surface area contributed by atoms with Gasteiger partial charge in [0.25, 0.3) is 0 Å². The van der Waals surface area contributed by atoms with Crippen LogP contribution in [0.15, 0.2) is 109 Å². The van der Waals surface area contributed by atoms with Gasteiger partial charge in [0.2, 0.25) is 5.88 Å². The van der Waals surface area contributed by atoms with Crippen molar-refractivity contribution in [3.63, 3.8) is 0 Å². The van der Waals surface area contributed by atoms with E-state index < -0.39 is 17.8 Å². The van der Waals surface area contributed by atoms with Crippen molar-refractivity contribution >= 4 is 11.8 Å². The highest BCUT2D eigenvalue weighted by molar-refractivity contribution is 5.71. The van der Waals surface area contributed by atoms with Crippen molar-refractivity contribution in [1.82, 2.24) is 14.9 Å². The van der Waals surface area contributed by atoms with E-state index in [-0.39, 0.29) is 17.8 Å². The summed E-state index contributed by atoms with van der Waals surface area (Å²) in [5, 5.41) is 0. The Morgan fingerprint density at radius 1 is 0.894 bits per heavy atom. The molecule has 0 spiro atoms. The highest BCUT2D eigenvalue weighted by atomic mass is 19.4. The number of benzene rings is 3. The molecule has 0 aliphatic carbocycles. The quantitative estimate of drug-likeness (QED) is 0.179. The number of hydrogen-bond acceptors (Lipinski definition) is 6. The van der Waals surface area contributed by atoms with Crippen molar-refractivity contribution in [2.75, 3.05) is 12.3 Å². The van der Waals surface area contributed by atoms with E-state index in [9.17, 15) is 18.0 Å². The summed E-state index contributed by atoms with van der Waals surface area (Å²) in [5.41, 5.74) is 11.0. The van der Waals surface area contributed by atoms with Crippen LogP contribution in [0.4, 0.5) is 23.7 Å². The van der Waals surface area contributed by atoms with Gasteiger partial charge in [0.05, 0.1) is 11.6 Å². The zero-order chi connectivity index (χ0) is 33.0. The zero-order valence-electron chi connectivity index (χ0n) is 25.7. The first-order chi connectivity index (χ1) is 22.6. The maximum Gasteiger partial charge on any atom is 0.417 e. The summed E-state index contributed by atoms with van der Waals surface area (Å²) in [5.74, 6) is 1.05. The molecular formula is C37H33F3N4O3. The number of nitrogens with zero attached hydrogens (tertiary/aromatic N) is 3. The first-order valence-electron chi connectivity index (χ1n) is 15.3. The monoisotopic (exact) mass is 638 g/mol. The smallest absolute Gasteiger partial charge is 0.417 e. The number of hydrogen-bond donors (Lipinski definition) is 1. The van der Waals surface area contributed by atoms with Gasteiger partial charge in [-0.3, -0.25) is 4.98 Å². The molecule has 1 amide bonds. The molecule has 2 N–H and O–H groups in total. The fraction of sp³-hybridized carbons (Fsp3) is 0.216. The fourth-order valence-electron chi connectivity index (χ4n) is 5.75. The molecule has 1 fully saturated rings. The van der Waals surface area contributed by atoms with E-state index in [0.29, 0.717) is 36.6 Å². The lowest BCUT2D eigenvalue weighted by Gasteiger charge is -2.39.